The zero-order valence-electron chi connectivity index (χ0n) is 35.0. The van der Waals surface area contributed by atoms with Crippen LogP contribution in [0.3, 0.4) is 0 Å². The van der Waals surface area contributed by atoms with Crippen molar-refractivity contribution >= 4 is 38.3 Å². The first kappa shape index (κ1) is 40.7. The van der Waals surface area contributed by atoms with Crippen LogP contribution in [0.25, 0.3) is 10.9 Å². The predicted octanol–water partition coefficient (Wildman–Crippen LogP) is 7.57. The van der Waals surface area contributed by atoms with E-state index in [-0.39, 0.29) is 42.0 Å². The fourth-order valence-electron chi connectivity index (χ4n) is 11.9. The van der Waals surface area contributed by atoms with Crippen molar-refractivity contribution in [2.24, 2.45) is 28.9 Å². The van der Waals surface area contributed by atoms with E-state index in [1.54, 1.807) is 10.8 Å². The molecule has 3 aliphatic carbocycles. The van der Waals surface area contributed by atoms with Gasteiger partial charge in [-0.3, -0.25) is 10.1 Å². The number of hydrogen-bond donors (Lipinski definition) is 6. The predicted molar refractivity (Wildman–Crippen MR) is 242 cm³/mol. The van der Waals surface area contributed by atoms with Gasteiger partial charge in [0.15, 0.2) is 17.7 Å². The number of fused-ring (bicyclic) bond motifs is 5. The number of nitrogens with one attached hydrogen (secondary N) is 2. The highest BCUT2D eigenvalue weighted by atomic mass is 33.1. The van der Waals surface area contributed by atoms with Crippen LogP contribution >= 0.6 is 21.6 Å². The zero-order valence-corrected chi connectivity index (χ0v) is 36.6. The quantitative estimate of drug-likeness (QED) is 0.0650. The van der Waals surface area contributed by atoms with E-state index in [1.165, 1.54) is 16.7 Å². The van der Waals surface area contributed by atoms with Gasteiger partial charge in [0, 0.05) is 77.7 Å². The summed E-state index contributed by atoms with van der Waals surface area (Å²) in [6, 6.07) is 8.14. The number of H-pyrrole nitrogens is 1. The Balaban J connectivity index is 1.07. The summed E-state index contributed by atoms with van der Waals surface area (Å²) in [5.74, 6) is 12.5. The first-order valence-electron chi connectivity index (χ1n) is 22.5. The average molecular weight is 871 g/mol. The van der Waals surface area contributed by atoms with E-state index in [4.69, 9.17) is 15.2 Å². The number of nitrogens with zero attached hydrogens (tertiary/aromatic N) is 1. The maximum atomic E-state index is 13.6. The fourth-order valence-corrected chi connectivity index (χ4v) is 14.7. The Labute approximate surface area is 370 Å². The summed E-state index contributed by atoms with van der Waals surface area (Å²) in [6.07, 6.45) is 16.7. The number of nitrogens with two attached hydrogens (primary N) is 1. The van der Waals surface area contributed by atoms with E-state index >= 15 is 0 Å². The molecule has 1 saturated carbocycles. The summed E-state index contributed by atoms with van der Waals surface area (Å²) in [4.78, 5) is 17.3. The topological polar surface area (TPSA) is 155 Å². The minimum absolute atomic E-state index is 0.0224. The van der Waals surface area contributed by atoms with Gasteiger partial charge in [-0.1, -0.05) is 89.5 Å². The molecule has 12 rings (SSSR count). The normalized spacial score (nSPS) is 31.7. The molecule has 1 fully saturated rings. The Kier molecular flexibility index (Phi) is 10.4. The van der Waals surface area contributed by atoms with Crippen molar-refractivity contribution in [3.8, 4) is 35.4 Å². The number of carbonyl (C=O) groups is 1. The summed E-state index contributed by atoms with van der Waals surface area (Å²) in [6.45, 7) is 2.77. The van der Waals surface area contributed by atoms with E-state index in [2.05, 4.69) is 69.5 Å². The average Bonchev–Trinajstić information content (AvgIpc) is 4.01. The summed E-state index contributed by atoms with van der Waals surface area (Å²) in [5.41, 5.74) is 14.6. The maximum absolute atomic E-state index is 13.6. The molecule has 10 bridgehead atoms. The summed E-state index contributed by atoms with van der Waals surface area (Å²) in [7, 11) is 3.62. The molecule has 322 valence electrons. The van der Waals surface area contributed by atoms with Crippen LogP contribution in [0.15, 0.2) is 55.0 Å². The van der Waals surface area contributed by atoms with Crippen LogP contribution in [0.2, 0.25) is 0 Å². The number of ketones is 1. The largest absolute Gasteiger partial charge is 0.465 e. The lowest BCUT2D eigenvalue weighted by atomic mass is 9.61. The van der Waals surface area contributed by atoms with Crippen LogP contribution in [-0.2, 0) is 22.4 Å². The minimum atomic E-state index is -1.04. The van der Waals surface area contributed by atoms with E-state index in [1.807, 2.05) is 42.0 Å². The number of benzene rings is 2. The Hall–Kier alpha value is -4.11. The molecule has 7 heterocycles. The van der Waals surface area contributed by atoms with Gasteiger partial charge in [-0.2, -0.15) is 0 Å². The third-order valence-electron chi connectivity index (χ3n) is 15.3. The molecule has 7 N–H and O–H groups in total. The van der Waals surface area contributed by atoms with Gasteiger partial charge in [0.05, 0.1) is 35.2 Å². The van der Waals surface area contributed by atoms with Gasteiger partial charge in [-0.15, -0.1) is 0 Å². The Morgan fingerprint density at radius 1 is 1.06 bits per heavy atom. The van der Waals surface area contributed by atoms with E-state index in [0.717, 1.165) is 84.0 Å². The number of aliphatic hydroxyl groups excluding tert-OH is 3. The molecule has 0 radical (unpaired) electrons. The smallest absolute Gasteiger partial charge is 0.191 e. The first-order chi connectivity index (χ1) is 30.1. The van der Waals surface area contributed by atoms with Crippen LogP contribution in [0.5, 0.6) is 11.5 Å². The first-order valence-corrected chi connectivity index (χ1v) is 24.9. The molecule has 2 aromatic carbocycles. The lowest BCUT2D eigenvalue weighted by Crippen LogP contribution is -2.52. The van der Waals surface area contributed by atoms with Gasteiger partial charge in [0.2, 0.25) is 0 Å². The van der Waals surface area contributed by atoms with Gasteiger partial charge in [-0.25, -0.2) is 0 Å². The number of hydrogen-bond acceptors (Lipinski definition) is 10. The Morgan fingerprint density at radius 2 is 1.92 bits per heavy atom. The highest BCUT2D eigenvalue weighted by Crippen LogP contribution is 2.56. The second kappa shape index (κ2) is 15.8. The number of ether oxygens (including phenoxy) is 2. The second-order valence-corrected chi connectivity index (χ2v) is 21.5. The molecular formula is C50H54N4O6S2. The summed E-state index contributed by atoms with van der Waals surface area (Å²) in [5, 5.41) is 39.0. The molecule has 8 aliphatic rings. The zero-order chi connectivity index (χ0) is 42.3. The molecule has 10 atom stereocenters. The third kappa shape index (κ3) is 6.75. The third-order valence-corrected chi connectivity index (χ3v) is 17.7. The van der Waals surface area contributed by atoms with Gasteiger partial charge in [0.25, 0.3) is 0 Å². The van der Waals surface area contributed by atoms with Gasteiger partial charge < -0.3 is 40.1 Å². The minimum Gasteiger partial charge on any atom is -0.465 e. The van der Waals surface area contributed by atoms with Crippen LogP contribution in [-0.4, -0.2) is 55.2 Å². The van der Waals surface area contributed by atoms with Crippen LogP contribution in [0, 0.1) is 47.0 Å². The second-order valence-electron chi connectivity index (χ2n) is 19.0. The van der Waals surface area contributed by atoms with Crippen molar-refractivity contribution in [2.75, 3.05) is 12.3 Å². The summed E-state index contributed by atoms with van der Waals surface area (Å²) < 4.78 is 16.1. The standard InChI is InChI=1S/C50H54N4O6S2/c1-28-4-8-32(41(57)20-28)42(58)21-30(55)7-5-29-6-13-43-46-37(29)25-61-62-27-50-17-14-31-35-22-52-39-24-54(23-36(35)39)48(60-46)38(49(18-19-59-43)15-2-3-16-49)11-12-40(56)33-9-10-34(45(50)44(31)33)47(51)53-26-50/h4,6,8-10,13,22-24,28,31-32,38,40-42,47-48,52-53,56-58H,2-3,5,7,14-17,20-21,25-27,51H2,1H3/t28-,31+,32+,38+,40+,41-,42+,47+,48+,50+/m1/s1. The van der Waals surface area contributed by atoms with Gasteiger partial charge in [-0.05, 0) is 83.9 Å². The molecule has 4 aromatic rings. The van der Waals surface area contributed by atoms with E-state index in [0.29, 0.717) is 30.1 Å². The Bertz CT molecular complexity index is 2610. The molecule has 0 unspecified atom stereocenters. The molecule has 10 nitrogen and oxygen atoms in total. The number of rotatable bonds is 6. The SMILES string of the molecule is C[C@@H]1C=C[C@H]([C@@H](O)CC(=O)CCc2ccc3c4c2CSSC[C@@]25CC[C@@H]6c7c(ccc(c72)[C@@H](N)NC5)[C@@H](O)C#C[C@@H]([C@H](O4)n2cc4[nH]cc6c4c2)C2(C#CO3)CCCC2)[C@H](O)C1. The number of aromatic nitrogens is 2. The van der Waals surface area contributed by atoms with Crippen LogP contribution in [0.4, 0.5) is 0 Å². The molecule has 12 heteroatoms. The molecular weight excluding hydrogens is 817 g/mol. The number of aliphatic hydroxyl groups is 3. The molecule has 2 aromatic heterocycles. The monoisotopic (exact) mass is 870 g/mol. The number of aryl methyl sites for hydroxylation is 1. The molecule has 0 saturated heterocycles. The fraction of sp³-hybridized carbons (Fsp3) is 0.500. The highest BCUT2D eigenvalue weighted by molar-refractivity contribution is 8.76. The Morgan fingerprint density at radius 3 is 2.77 bits per heavy atom. The molecule has 2 spiro atoms. The van der Waals surface area contributed by atoms with Crippen molar-refractivity contribution in [2.45, 2.75) is 119 Å². The highest BCUT2D eigenvalue weighted by Gasteiger charge is 2.49. The van der Waals surface area contributed by atoms with Crippen molar-refractivity contribution in [3.63, 3.8) is 0 Å². The van der Waals surface area contributed by atoms with Crippen molar-refractivity contribution in [1.82, 2.24) is 14.9 Å². The molecule has 62 heavy (non-hydrogen) atoms. The molecule has 0 amide bonds. The summed E-state index contributed by atoms with van der Waals surface area (Å²) >= 11 is 0. The number of carbonyl (C=O) groups excluding carboxylic acids is 1. The van der Waals surface area contributed by atoms with Gasteiger partial charge >= 0.3 is 0 Å². The van der Waals surface area contributed by atoms with Crippen molar-refractivity contribution in [1.29, 1.82) is 0 Å². The lowest BCUT2D eigenvalue weighted by molar-refractivity contribution is -0.122. The lowest BCUT2D eigenvalue weighted by Gasteiger charge is -2.48. The van der Waals surface area contributed by atoms with Gasteiger partial charge in [0.1, 0.15) is 18.0 Å². The van der Waals surface area contributed by atoms with Crippen LogP contribution in [0.1, 0.15) is 128 Å². The number of allylic oxidation sites excluding steroid dienone is 1. The van der Waals surface area contributed by atoms with Crippen LogP contribution < -0.4 is 20.5 Å². The van der Waals surface area contributed by atoms with Crippen molar-refractivity contribution < 1.29 is 29.6 Å². The van der Waals surface area contributed by atoms with E-state index < -0.39 is 41.8 Å². The number of aromatic amines is 1. The molecule has 5 aliphatic heterocycles. The van der Waals surface area contributed by atoms with E-state index in [9.17, 15) is 20.1 Å². The maximum Gasteiger partial charge on any atom is 0.191 e. The number of Topliss-reactive ketones (excluding diaryl/α,β-unsaturated/α-hetero) is 1. The van der Waals surface area contributed by atoms with Crippen molar-refractivity contribution in [3.05, 3.63) is 94.0 Å².